The maximum absolute atomic E-state index is 12.3. The van der Waals surface area contributed by atoms with E-state index in [1.807, 2.05) is 18.2 Å². The Balaban J connectivity index is 1.49. The van der Waals surface area contributed by atoms with Crippen LogP contribution in [0.15, 0.2) is 48.5 Å². The molecule has 2 amide bonds. The van der Waals surface area contributed by atoms with Crippen LogP contribution < -0.4 is 10.2 Å². The number of nitrogens with zero attached hydrogens (tertiary/aromatic N) is 3. The van der Waals surface area contributed by atoms with Gasteiger partial charge in [-0.2, -0.15) is 0 Å². The fourth-order valence-corrected chi connectivity index (χ4v) is 3.10. The quantitative estimate of drug-likeness (QED) is 0.658. The lowest BCUT2D eigenvalue weighted by atomic mass is 10.2. The number of non-ortho nitro benzene ring substituents is 1. The van der Waals surface area contributed by atoms with Crippen LogP contribution in [0.4, 0.5) is 16.2 Å². The van der Waals surface area contributed by atoms with Gasteiger partial charge in [0.05, 0.1) is 4.92 Å². The summed E-state index contributed by atoms with van der Waals surface area (Å²) in [6.45, 7) is 2.99. The first-order chi connectivity index (χ1) is 12.5. The number of nitrogens with one attached hydrogen (secondary N) is 1. The van der Waals surface area contributed by atoms with Crippen LogP contribution in [0.3, 0.4) is 0 Å². The molecule has 1 saturated heterocycles. The molecule has 1 N–H and O–H groups in total. The van der Waals surface area contributed by atoms with Crippen LogP contribution >= 0.6 is 11.6 Å². The highest BCUT2D eigenvalue weighted by atomic mass is 35.5. The standard InChI is InChI=1S/C18H19ClN4O3/c19-15-3-1-2-14(12-15)13-20-18(24)22-10-8-21(9-11-22)16-4-6-17(7-5-16)23(25)26/h1-7,12H,8-11,13H2,(H,20,24). The molecule has 2 aromatic carbocycles. The van der Waals surface area contributed by atoms with Gasteiger partial charge in [-0.15, -0.1) is 0 Å². The third-order valence-electron chi connectivity index (χ3n) is 4.33. The molecule has 2 aromatic rings. The minimum atomic E-state index is -0.411. The molecule has 0 radical (unpaired) electrons. The number of benzene rings is 2. The minimum absolute atomic E-state index is 0.0766. The van der Waals surface area contributed by atoms with E-state index in [0.717, 1.165) is 11.3 Å². The first-order valence-electron chi connectivity index (χ1n) is 8.29. The number of carbonyl (C=O) groups excluding carboxylic acids is 1. The number of urea groups is 1. The van der Waals surface area contributed by atoms with Crippen LogP contribution in [0.2, 0.25) is 5.02 Å². The molecule has 1 heterocycles. The van der Waals surface area contributed by atoms with Crippen molar-refractivity contribution in [1.29, 1.82) is 0 Å². The maximum Gasteiger partial charge on any atom is 0.317 e. The van der Waals surface area contributed by atoms with Crippen molar-refractivity contribution in [3.63, 3.8) is 0 Å². The molecule has 1 aliphatic rings. The zero-order valence-corrected chi connectivity index (χ0v) is 14.9. The van der Waals surface area contributed by atoms with Gasteiger partial charge >= 0.3 is 6.03 Å². The Morgan fingerprint density at radius 1 is 1.12 bits per heavy atom. The van der Waals surface area contributed by atoms with Gasteiger partial charge < -0.3 is 15.1 Å². The number of anilines is 1. The summed E-state index contributed by atoms with van der Waals surface area (Å²) in [6, 6.07) is 13.8. The Morgan fingerprint density at radius 2 is 1.81 bits per heavy atom. The van der Waals surface area contributed by atoms with E-state index in [4.69, 9.17) is 11.6 Å². The molecule has 8 heteroatoms. The zero-order chi connectivity index (χ0) is 18.5. The number of halogens is 1. The first-order valence-corrected chi connectivity index (χ1v) is 8.67. The van der Waals surface area contributed by atoms with E-state index in [9.17, 15) is 14.9 Å². The summed E-state index contributed by atoms with van der Waals surface area (Å²) in [6.07, 6.45) is 0. The molecule has 0 aromatic heterocycles. The third-order valence-corrected chi connectivity index (χ3v) is 4.56. The van der Waals surface area contributed by atoms with Gasteiger partial charge in [0, 0.05) is 55.6 Å². The minimum Gasteiger partial charge on any atom is -0.368 e. The highest BCUT2D eigenvalue weighted by Crippen LogP contribution is 2.20. The van der Waals surface area contributed by atoms with Gasteiger partial charge in [0.1, 0.15) is 0 Å². The molecule has 0 bridgehead atoms. The lowest BCUT2D eigenvalue weighted by Gasteiger charge is -2.36. The molecule has 0 atom stereocenters. The number of rotatable bonds is 4. The molecule has 0 spiro atoms. The molecule has 1 fully saturated rings. The van der Waals surface area contributed by atoms with Crippen molar-refractivity contribution in [2.45, 2.75) is 6.54 Å². The fourth-order valence-electron chi connectivity index (χ4n) is 2.89. The largest absolute Gasteiger partial charge is 0.368 e. The Labute approximate surface area is 156 Å². The predicted molar refractivity (Wildman–Crippen MR) is 101 cm³/mol. The Bertz CT molecular complexity index is 789. The average Bonchev–Trinajstić information content (AvgIpc) is 2.66. The normalized spacial score (nSPS) is 14.2. The topological polar surface area (TPSA) is 78.7 Å². The van der Waals surface area contributed by atoms with E-state index in [-0.39, 0.29) is 11.7 Å². The van der Waals surface area contributed by atoms with E-state index in [1.165, 1.54) is 12.1 Å². The number of nitro benzene ring substituents is 1. The summed E-state index contributed by atoms with van der Waals surface area (Å²) in [5.41, 5.74) is 1.96. The maximum atomic E-state index is 12.3. The predicted octanol–water partition coefficient (Wildman–Crippen LogP) is 3.28. The second-order valence-corrected chi connectivity index (χ2v) is 6.47. The molecular weight excluding hydrogens is 356 g/mol. The Kier molecular flexibility index (Phi) is 5.58. The van der Waals surface area contributed by atoms with Gasteiger partial charge in [0.2, 0.25) is 0 Å². The van der Waals surface area contributed by atoms with Crippen LogP contribution in [0.1, 0.15) is 5.56 Å². The SMILES string of the molecule is O=C(NCc1cccc(Cl)c1)N1CCN(c2ccc([N+](=O)[O-])cc2)CC1. The van der Waals surface area contributed by atoms with Crippen molar-refractivity contribution >= 4 is 29.0 Å². The monoisotopic (exact) mass is 374 g/mol. The summed E-state index contributed by atoms with van der Waals surface area (Å²) in [4.78, 5) is 26.5. The van der Waals surface area contributed by atoms with E-state index < -0.39 is 4.92 Å². The van der Waals surface area contributed by atoms with Gasteiger partial charge in [-0.3, -0.25) is 10.1 Å². The van der Waals surface area contributed by atoms with E-state index in [2.05, 4.69) is 10.2 Å². The molecule has 3 rings (SSSR count). The average molecular weight is 375 g/mol. The third kappa shape index (κ3) is 4.43. The number of nitro groups is 1. The molecule has 1 aliphatic heterocycles. The summed E-state index contributed by atoms with van der Waals surface area (Å²) in [5.74, 6) is 0. The van der Waals surface area contributed by atoms with Crippen molar-refractivity contribution in [2.75, 3.05) is 31.1 Å². The zero-order valence-electron chi connectivity index (χ0n) is 14.1. The summed E-state index contributed by atoms with van der Waals surface area (Å²) < 4.78 is 0. The fraction of sp³-hybridized carbons (Fsp3) is 0.278. The van der Waals surface area contributed by atoms with Gasteiger partial charge in [-0.1, -0.05) is 23.7 Å². The second-order valence-electron chi connectivity index (χ2n) is 6.04. The number of amides is 2. The molecular formula is C18H19ClN4O3. The second kappa shape index (κ2) is 8.05. The number of carbonyl (C=O) groups is 1. The Hall–Kier alpha value is -2.80. The van der Waals surface area contributed by atoms with Crippen molar-refractivity contribution in [3.05, 3.63) is 69.2 Å². The van der Waals surface area contributed by atoms with Gasteiger partial charge in [0.25, 0.3) is 5.69 Å². The lowest BCUT2D eigenvalue weighted by molar-refractivity contribution is -0.384. The molecule has 7 nitrogen and oxygen atoms in total. The van der Waals surface area contributed by atoms with Crippen molar-refractivity contribution in [1.82, 2.24) is 10.2 Å². The smallest absolute Gasteiger partial charge is 0.317 e. The van der Waals surface area contributed by atoms with Crippen LogP contribution in [0.25, 0.3) is 0 Å². The van der Waals surface area contributed by atoms with Gasteiger partial charge in [-0.05, 0) is 29.8 Å². The molecule has 136 valence electrons. The van der Waals surface area contributed by atoms with E-state index >= 15 is 0 Å². The van der Waals surface area contributed by atoms with Crippen LogP contribution in [0.5, 0.6) is 0 Å². The van der Waals surface area contributed by atoms with Crippen molar-refractivity contribution in [2.24, 2.45) is 0 Å². The first kappa shape index (κ1) is 18.0. The highest BCUT2D eigenvalue weighted by Gasteiger charge is 2.21. The molecule has 0 saturated carbocycles. The number of piperazine rings is 1. The van der Waals surface area contributed by atoms with Crippen LogP contribution in [0, 0.1) is 10.1 Å². The highest BCUT2D eigenvalue weighted by molar-refractivity contribution is 6.30. The van der Waals surface area contributed by atoms with E-state index in [1.54, 1.807) is 23.1 Å². The van der Waals surface area contributed by atoms with Crippen LogP contribution in [-0.2, 0) is 6.54 Å². The Morgan fingerprint density at radius 3 is 2.42 bits per heavy atom. The summed E-state index contributed by atoms with van der Waals surface area (Å²) >= 11 is 5.94. The number of hydrogen-bond acceptors (Lipinski definition) is 4. The van der Waals surface area contributed by atoms with Crippen molar-refractivity contribution in [3.8, 4) is 0 Å². The van der Waals surface area contributed by atoms with E-state index in [0.29, 0.717) is 37.7 Å². The van der Waals surface area contributed by atoms with Gasteiger partial charge in [-0.25, -0.2) is 4.79 Å². The van der Waals surface area contributed by atoms with Crippen LogP contribution in [-0.4, -0.2) is 42.0 Å². The van der Waals surface area contributed by atoms with Crippen molar-refractivity contribution < 1.29 is 9.72 Å². The summed E-state index contributed by atoms with van der Waals surface area (Å²) in [7, 11) is 0. The van der Waals surface area contributed by atoms with Gasteiger partial charge in [0.15, 0.2) is 0 Å². The molecule has 26 heavy (non-hydrogen) atoms. The molecule has 0 aliphatic carbocycles. The molecule has 0 unspecified atom stereocenters. The number of hydrogen-bond donors (Lipinski definition) is 1. The lowest BCUT2D eigenvalue weighted by Crippen LogP contribution is -2.51. The summed E-state index contributed by atoms with van der Waals surface area (Å²) in [5, 5.41) is 14.3.